The summed E-state index contributed by atoms with van der Waals surface area (Å²) < 4.78 is 10.4. The first-order valence-electron chi connectivity index (χ1n) is 5.52. The molecule has 0 heterocycles. The smallest absolute Gasteiger partial charge is 0.122 e. The van der Waals surface area contributed by atoms with Crippen LogP contribution in [0, 0.1) is 0 Å². The molecule has 16 heavy (non-hydrogen) atoms. The molecule has 0 radical (unpaired) electrons. The van der Waals surface area contributed by atoms with Gasteiger partial charge in [0.25, 0.3) is 0 Å². The van der Waals surface area contributed by atoms with E-state index < -0.39 is 0 Å². The van der Waals surface area contributed by atoms with Crippen molar-refractivity contribution in [1.29, 1.82) is 0 Å². The van der Waals surface area contributed by atoms with E-state index in [2.05, 4.69) is 19.9 Å². The topological polar surface area (TPSA) is 44.5 Å². The van der Waals surface area contributed by atoms with Gasteiger partial charge in [-0.1, -0.05) is 26.0 Å². The summed E-state index contributed by atoms with van der Waals surface area (Å²) in [6.45, 7) is 4.82. The first kappa shape index (κ1) is 13.0. The van der Waals surface area contributed by atoms with E-state index in [9.17, 15) is 0 Å². The van der Waals surface area contributed by atoms with Crippen molar-refractivity contribution in [2.24, 2.45) is 5.73 Å². The van der Waals surface area contributed by atoms with E-state index in [1.807, 2.05) is 12.1 Å². The van der Waals surface area contributed by atoms with Crippen LogP contribution in [0.3, 0.4) is 0 Å². The molecule has 1 aromatic rings. The monoisotopic (exact) mass is 223 g/mol. The fraction of sp³-hybridized carbons (Fsp3) is 0.538. The van der Waals surface area contributed by atoms with Gasteiger partial charge in [0.2, 0.25) is 0 Å². The molecule has 3 nitrogen and oxygen atoms in total. The molecule has 0 fully saturated rings. The summed E-state index contributed by atoms with van der Waals surface area (Å²) in [5.74, 6) is 1.34. The van der Waals surface area contributed by atoms with Crippen LogP contribution in [0.5, 0.6) is 5.75 Å². The standard InChI is InChI=1S/C13H21NO2/c1-9(2)11-7-10(12(14)8-15-3)5-6-13(11)16-4/h5-7,9,12H,8,14H2,1-4H3. The molecule has 0 aliphatic rings. The van der Waals surface area contributed by atoms with Crippen LogP contribution >= 0.6 is 0 Å². The molecule has 0 spiro atoms. The minimum atomic E-state index is -0.0755. The molecular formula is C13H21NO2. The molecule has 0 aromatic heterocycles. The van der Waals surface area contributed by atoms with E-state index in [0.717, 1.165) is 11.3 Å². The highest BCUT2D eigenvalue weighted by atomic mass is 16.5. The first-order chi connectivity index (χ1) is 7.60. The summed E-state index contributed by atoms with van der Waals surface area (Å²) >= 11 is 0. The summed E-state index contributed by atoms with van der Waals surface area (Å²) in [6, 6.07) is 6.00. The van der Waals surface area contributed by atoms with Crippen molar-refractivity contribution in [2.75, 3.05) is 20.8 Å². The van der Waals surface area contributed by atoms with E-state index in [0.29, 0.717) is 12.5 Å². The van der Waals surface area contributed by atoms with E-state index in [1.165, 1.54) is 5.56 Å². The number of hydrogen-bond donors (Lipinski definition) is 1. The number of benzene rings is 1. The van der Waals surface area contributed by atoms with Gasteiger partial charge >= 0.3 is 0 Å². The van der Waals surface area contributed by atoms with Gasteiger partial charge in [-0.15, -0.1) is 0 Å². The number of rotatable bonds is 5. The molecule has 0 saturated carbocycles. The van der Waals surface area contributed by atoms with Gasteiger partial charge in [0, 0.05) is 7.11 Å². The molecule has 3 heteroatoms. The van der Waals surface area contributed by atoms with Crippen molar-refractivity contribution < 1.29 is 9.47 Å². The largest absolute Gasteiger partial charge is 0.496 e. The molecule has 1 unspecified atom stereocenters. The normalized spacial score (nSPS) is 12.9. The molecule has 1 atom stereocenters. The Bertz CT molecular complexity index is 337. The molecular weight excluding hydrogens is 202 g/mol. The fourth-order valence-corrected chi connectivity index (χ4v) is 1.71. The van der Waals surface area contributed by atoms with Crippen molar-refractivity contribution in [3.8, 4) is 5.75 Å². The highest BCUT2D eigenvalue weighted by Crippen LogP contribution is 2.28. The van der Waals surface area contributed by atoms with Crippen LogP contribution in [0.1, 0.15) is 36.9 Å². The maximum atomic E-state index is 6.00. The maximum Gasteiger partial charge on any atom is 0.122 e. The molecule has 0 saturated heterocycles. The van der Waals surface area contributed by atoms with Crippen molar-refractivity contribution in [1.82, 2.24) is 0 Å². The van der Waals surface area contributed by atoms with E-state index in [1.54, 1.807) is 14.2 Å². The second kappa shape index (κ2) is 5.87. The number of hydrogen-bond acceptors (Lipinski definition) is 3. The van der Waals surface area contributed by atoms with Gasteiger partial charge in [-0.2, -0.15) is 0 Å². The Morgan fingerprint density at radius 2 is 1.94 bits per heavy atom. The zero-order valence-electron chi connectivity index (χ0n) is 10.5. The highest BCUT2D eigenvalue weighted by molar-refractivity contribution is 5.40. The third kappa shape index (κ3) is 2.97. The zero-order chi connectivity index (χ0) is 12.1. The predicted octanol–water partition coefficient (Wildman–Crippen LogP) is 2.46. The fourth-order valence-electron chi connectivity index (χ4n) is 1.71. The minimum Gasteiger partial charge on any atom is -0.496 e. The highest BCUT2D eigenvalue weighted by Gasteiger charge is 2.12. The van der Waals surface area contributed by atoms with Crippen LogP contribution in [0.2, 0.25) is 0 Å². The SMILES string of the molecule is COCC(N)c1ccc(OC)c(C(C)C)c1. The number of methoxy groups -OCH3 is 2. The van der Waals surface area contributed by atoms with Gasteiger partial charge in [-0.05, 0) is 23.1 Å². The van der Waals surface area contributed by atoms with Gasteiger partial charge in [-0.25, -0.2) is 0 Å². The van der Waals surface area contributed by atoms with Crippen LogP contribution in [-0.2, 0) is 4.74 Å². The summed E-state index contributed by atoms with van der Waals surface area (Å²) in [4.78, 5) is 0. The third-order valence-electron chi connectivity index (χ3n) is 2.65. The minimum absolute atomic E-state index is 0.0755. The van der Waals surface area contributed by atoms with Crippen LogP contribution in [0.25, 0.3) is 0 Å². The maximum absolute atomic E-state index is 6.00. The Labute approximate surface area is 97.6 Å². The Morgan fingerprint density at radius 1 is 1.25 bits per heavy atom. The van der Waals surface area contributed by atoms with Gasteiger partial charge in [0.15, 0.2) is 0 Å². The quantitative estimate of drug-likeness (QED) is 0.834. The Hall–Kier alpha value is -1.06. The van der Waals surface area contributed by atoms with Crippen molar-refractivity contribution in [3.63, 3.8) is 0 Å². The molecule has 0 bridgehead atoms. The second-order valence-electron chi connectivity index (χ2n) is 4.22. The Balaban J connectivity index is 3.01. The van der Waals surface area contributed by atoms with Crippen LogP contribution in [0.4, 0.5) is 0 Å². The Morgan fingerprint density at radius 3 is 2.44 bits per heavy atom. The van der Waals surface area contributed by atoms with Gasteiger partial charge in [-0.3, -0.25) is 0 Å². The van der Waals surface area contributed by atoms with Gasteiger partial charge in [0.1, 0.15) is 5.75 Å². The molecule has 0 amide bonds. The molecule has 90 valence electrons. The summed E-state index contributed by atoms with van der Waals surface area (Å²) in [5, 5.41) is 0. The lowest BCUT2D eigenvalue weighted by Crippen LogP contribution is -2.16. The average molecular weight is 223 g/mol. The van der Waals surface area contributed by atoms with E-state index in [4.69, 9.17) is 15.2 Å². The summed E-state index contributed by atoms with van der Waals surface area (Å²) in [7, 11) is 3.35. The van der Waals surface area contributed by atoms with Gasteiger partial charge < -0.3 is 15.2 Å². The first-order valence-corrected chi connectivity index (χ1v) is 5.52. The lowest BCUT2D eigenvalue weighted by Gasteiger charge is -2.16. The van der Waals surface area contributed by atoms with E-state index >= 15 is 0 Å². The molecule has 1 rings (SSSR count). The van der Waals surface area contributed by atoms with Crippen molar-refractivity contribution in [3.05, 3.63) is 29.3 Å². The van der Waals surface area contributed by atoms with Crippen LogP contribution in [-0.4, -0.2) is 20.8 Å². The van der Waals surface area contributed by atoms with Crippen LogP contribution < -0.4 is 10.5 Å². The number of nitrogens with two attached hydrogens (primary N) is 1. The van der Waals surface area contributed by atoms with Crippen molar-refractivity contribution >= 4 is 0 Å². The van der Waals surface area contributed by atoms with E-state index in [-0.39, 0.29) is 6.04 Å². The average Bonchev–Trinajstić information content (AvgIpc) is 2.28. The number of ether oxygens (including phenoxy) is 2. The Kier molecular flexibility index (Phi) is 4.77. The van der Waals surface area contributed by atoms with Crippen LogP contribution in [0.15, 0.2) is 18.2 Å². The molecule has 0 aliphatic heterocycles. The second-order valence-corrected chi connectivity index (χ2v) is 4.22. The van der Waals surface area contributed by atoms with Crippen molar-refractivity contribution in [2.45, 2.75) is 25.8 Å². The lowest BCUT2D eigenvalue weighted by molar-refractivity contribution is 0.181. The third-order valence-corrected chi connectivity index (χ3v) is 2.65. The zero-order valence-corrected chi connectivity index (χ0v) is 10.5. The predicted molar refractivity (Wildman–Crippen MR) is 65.9 cm³/mol. The molecule has 0 aliphatic carbocycles. The molecule has 1 aromatic carbocycles. The molecule has 2 N–H and O–H groups in total. The lowest BCUT2D eigenvalue weighted by atomic mass is 9.97. The van der Waals surface area contributed by atoms with Gasteiger partial charge in [0.05, 0.1) is 19.8 Å². The summed E-state index contributed by atoms with van der Waals surface area (Å²) in [6.07, 6.45) is 0. The summed E-state index contributed by atoms with van der Waals surface area (Å²) in [5.41, 5.74) is 8.28.